The number of hydrogen-bond donors (Lipinski definition) is 1. The third kappa shape index (κ3) is 3.95. The highest BCUT2D eigenvalue weighted by Gasteiger charge is 2.11. The highest BCUT2D eigenvalue weighted by Crippen LogP contribution is 2.28. The molecule has 1 heterocycles. The van der Waals surface area contributed by atoms with E-state index in [0.29, 0.717) is 0 Å². The number of hydrogen-bond acceptors (Lipinski definition) is 3. The fourth-order valence-corrected chi connectivity index (χ4v) is 2.24. The first-order valence-corrected chi connectivity index (χ1v) is 7.28. The van der Waals surface area contributed by atoms with Crippen molar-refractivity contribution in [3.63, 3.8) is 0 Å². The van der Waals surface area contributed by atoms with Crippen LogP contribution < -0.4 is 5.43 Å². The van der Waals surface area contributed by atoms with Crippen LogP contribution in [0.1, 0.15) is 31.1 Å². The summed E-state index contributed by atoms with van der Waals surface area (Å²) in [5.41, 5.74) is 4.57. The summed E-state index contributed by atoms with van der Waals surface area (Å²) in [5, 5.41) is 2.68. The maximum Gasteiger partial charge on any atom is 0.258 e. The molecular weight excluding hydrogens is 264 g/mol. The Labute approximate surface area is 125 Å². The van der Waals surface area contributed by atoms with Gasteiger partial charge in [0.25, 0.3) is 5.91 Å². The molecule has 21 heavy (non-hydrogen) atoms. The molecule has 1 N–H and O–H groups in total. The number of para-hydroxylation sites is 1. The SMILES string of the molecule is CCCCc1oc2ccccc2c1/C=C/C(=O)NN(C)C. The van der Waals surface area contributed by atoms with E-state index in [1.807, 2.05) is 30.3 Å². The topological polar surface area (TPSA) is 45.5 Å². The molecular formula is C17H22N2O2. The molecule has 2 rings (SSSR count). The minimum absolute atomic E-state index is 0.147. The van der Waals surface area contributed by atoms with E-state index in [1.165, 1.54) is 0 Å². The van der Waals surface area contributed by atoms with E-state index < -0.39 is 0 Å². The largest absolute Gasteiger partial charge is 0.460 e. The maximum absolute atomic E-state index is 11.7. The molecule has 0 aliphatic carbocycles. The van der Waals surface area contributed by atoms with Gasteiger partial charge in [-0.05, 0) is 18.6 Å². The van der Waals surface area contributed by atoms with Crippen molar-refractivity contribution >= 4 is 23.0 Å². The molecule has 112 valence electrons. The van der Waals surface area contributed by atoms with Gasteiger partial charge in [-0.1, -0.05) is 31.5 Å². The van der Waals surface area contributed by atoms with Gasteiger partial charge in [-0.15, -0.1) is 0 Å². The molecule has 4 heteroatoms. The molecule has 0 saturated heterocycles. The van der Waals surface area contributed by atoms with Gasteiger partial charge in [-0.3, -0.25) is 10.2 Å². The molecule has 0 bridgehead atoms. The number of nitrogens with one attached hydrogen (secondary N) is 1. The summed E-state index contributed by atoms with van der Waals surface area (Å²) in [6, 6.07) is 7.93. The van der Waals surface area contributed by atoms with Crippen LogP contribution in [-0.2, 0) is 11.2 Å². The Hall–Kier alpha value is -2.07. The van der Waals surface area contributed by atoms with Gasteiger partial charge < -0.3 is 4.42 Å². The van der Waals surface area contributed by atoms with Gasteiger partial charge in [-0.25, -0.2) is 5.01 Å². The lowest BCUT2D eigenvalue weighted by Gasteiger charge is -2.08. The zero-order chi connectivity index (χ0) is 15.2. The predicted octanol–water partition coefficient (Wildman–Crippen LogP) is 3.38. The smallest absolute Gasteiger partial charge is 0.258 e. The average Bonchev–Trinajstić information content (AvgIpc) is 2.79. The molecule has 0 saturated carbocycles. The molecule has 0 radical (unpaired) electrons. The molecule has 1 aromatic heterocycles. The molecule has 0 aliphatic heterocycles. The third-order valence-corrected chi connectivity index (χ3v) is 3.20. The third-order valence-electron chi connectivity index (χ3n) is 3.20. The number of hydrazine groups is 1. The number of aryl methyl sites for hydroxylation is 1. The Kier molecular flexibility index (Phi) is 5.17. The lowest BCUT2D eigenvalue weighted by Crippen LogP contribution is -2.34. The van der Waals surface area contributed by atoms with Crippen LogP contribution in [0, 0.1) is 0 Å². The molecule has 0 aliphatic rings. The van der Waals surface area contributed by atoms with Crippen molar-refractivity contribution in [3.05, 3.63) is 41.7 Å². The van der Waals surface area contributed by atoms with Gasteiger partial charge >= 0.3 is 0 Å². The first kappa shape index (κ1) is 15.3. The number of carbonyl (C=O) groups excluding carboxylic acids is 1. The maximum atomic E-state index is 11.7. The highest BCUT2D eigenvalue weighted by molar-refractivity contribution is 5.96. The Balaban J connectivity index is 2.31. The molecule has 0 fully saturated rings. The normalized spacial score (nSPS) is 11.6. The van der Waals surface area contributed by atoms with Gasteiger partial charge in [-0.2, -0.15) is 0 Å². The second-order valence-electron chi connectivity index (χ2n) is 5.24. The molecule has 0 spiro atoms. The number of amides is 1. The molecule has 1 aromatic carbocycles. The van der Waals surface area contributed by atoms with Gasteiger partial charge in [0.1, 0.15) is 11.3 Å². The van der Waals surface area contributed by atoms with E-state index in [-0.39, 0.29) is 5.91 Å². The summed E-state index contributed by atoms with van der Waals surface area (Å²) in [5.74, 6) is 0.804. The summed E-state index contributed by atoms with van der Waals surface area (Å²) in [6.45, 7) is 2.16. The standard InChI is InChI=1S/C17H22N2O2/c1-4-5-9-15-14(11-12-17(20)18-19(2)3)13-8-6-7-10-16(13)21-15/h6-8,10-12H,4-5,9H2,1-3H3,(H,18,20)/b12-11+. The molecule has 0 unspecified atom stereocenters. The van der Waals surface area contributed by atoms with Crippen LogP contribution in [-0.4, -0.2) is 25.0 Å². The monoisotopic (exact) mass is 286 g/mol. The first-order chi connectivity index (χ1) is 10.1. The number of nitrogens with zero attached hydrogens (tertiary/aromatic N) is 1. The number of fused-ring (bicyclic) bond motifs is 1. The zero-order valence-electron chi connectivity index (χ0n) is 12.8. The van der Waals surface area contributed by atoms with E-state index in [4.69, 9.17) is 4.42 Å². The van der Waals surface area contributed by atoms with E-state index in [9.17, 15) is 4.79 Å². The van der Waals surface area contributed by atoms with Gasteiger partial charge in [0.05, 0.1) is 0 Å². The summed E-state index contributed by atoms with van der Waals surface area (Å²) in [7, 11) is 3.57. The van der Waals surface area contributed by atoms with Crippen LogP contribution in [0.3, 0.4) is 0 Å². The fraction of sp³-hybridized carbons (Fsp3) is 0.353. The number of rotatable bonds is 6. The minimum atomic E-state index is -0.147. The van der Waals surface area contributed by atoms with Crippen molar-refractivity contribution in [3.8, 4) is 0 Å². The number of carbonyl (C=O) groups is 1. The van der Waals surface area contributed by atoms with E-state index >= 15 is 0 Å². The van der Waals surface area contributed by atoms with E-state index in [2.05, 4.69) is 12.3 Å². The quantitative estimate of drug-likeness (QED) is 0.654. The molecule has 1 amide bonds. The average molecular weight is 286 g/mol. The van der Waals surface area contributed by atoms with Crippen LogP contribution in [0.4, 0.5) is 0 Å². The second-order valence-corrected chi connectivity index (χ2v) is 5.24. The Morgan fingerprint density at radius 1 is 1.33 bits per heavy atom. The van der Waals surface area contributed by atoms with Gasteiger partial charge in [0.2, 0.25) is 0 Å². The lowest BCUT2D eigenvalue weighted by atomic mass is 10.1. The van der Waals surface area contributed by atoms with Crippen molar-refractivity contribution in [2.24, 2.45) is 0 Å². The molecule has 0 atom stereocenters. The molecule has 4 nitrogen and oxygen atoms in total. The van der Waals surface area contributed by atoms with Gasteiger partial charge in [0.15, 0.2) is 0 Å². The zero-order valence-corrected chi connectivity index (χ0v) is 12.8. The minimum Gasteiger partial charge on any atom is -0.460 e. The van der Waals surface area contributed by atoms with Crippen molar-refractivity contribution in [1.82, 2.24) is 10.4 Å². The number of unbranched alkanes of at least 4 members (excludes halogenated alkanes) is 1. The van der Waals surface area contributed by atoms with Crippen LogP contribution in [0.5, 0.6) is 0 Å². The number of benzene rings is 1. The Morgan fingerprint density at radius 3 is 2.81 bits per heavy atom. The van der Waals surface area contributed by atoms with E-state index in [1.54, 1.807) is 25.2 Å². The van der Waals surface area contributed by atoms with E-state index in [0.717, 1.165) is 41.6 Å². The van der Waals surface area contributed by atoms with Crippen molar-refractivity contribution in [2.75, 3.05) is 14.1 Å². The fourth-order valence-electron chi connectivity index (χ4n) is 2.24. The predicted molar refractivity (Wildman–Crippen MR) is 85.7 cm³/mol. The molecule has 2 aromatic rings. The van der Waals surface area contributed by atoms with Gasteiger partial charge in [0, 0.05) is 37.5 Å². The van der Waals surface area contributed by atoms with Crippen LogP contribution in [0.25, 0.3) is 17.0 Å². The summed E-state index contributed by atoms with van der Waals surface area (Å²) in [4.78, 5) is 11.7. The number of furan rings is 1. The van der Waals surface area contributed by atoms with Crippen molar-refractivity contribution in [2.45, 2.75) is 26.2 Å². The van der Waals surface area contributed by atoms with Crippen molar-refractivity contribution < 1.29 is 9.21 Å². The summed E-state index contributed by atoms with van der Waals surface area (Å²) in [6.07, 6.45) is 6.47. The lowest BCUT2D eigenvalue weighted by molar-refractivity contribution is -0.119. The Morgan fingerprint density at radius 2 is 2.10 bits per heavy atom. The van der Waals surface area contributed by atoms with Crippen molar-refractivity contribution in [1.29, 1.82) is 0 Å². The first-order valence-electron chi connectivity index (χ1n) is 7.28. The summed E-state index contributed by atoms with van der Waals surface area (Å²) < 4.78 is 5.92. The Bertz CT molecular complexity index is 641. The van der Waals surface area contributed by atoms with Crippen LogP contribution in [0.2, 0.25) is 0 Å². The second kappa shape index (κ2) is 7.09. The van der Waals surface area contributed by atoms with Crippen LogP contribution in [0.15, 0.2) is 34.8 Å². The van der Waals surface area contributed by atoms with Crippen LogP contribution >= 0.6 is 0 Å². The highest BCUT2D eigenvalue weighted by atomic mass is 16.3. The summed E-state index contributed by atoms with van der Waals surface area (Å²) >= 11 is 0.